The zero-order valence-corrected chi connectivity index (χ0v) is 8.42. The van der Waals surface area contributed by atoms with E-state index in [1.165, 1.54) is 0 Å². The smallest absolute Gasteiger partial charge is 0.220 e. The van der Waals surface area contributed by atoms with Gasteiger partial charge in [0.15, 0.2) is 0 Å². The Hall–Kier alpha value is -1.29. The van der Waals surface area contributed by atoms with Gasteiger partial charge in [0.25, 0.3) is 0 Å². The van der Waals surface area contributed by atoms with Gasteiger partial charge in [0.05, 0.1) is 6.54 Å². The van der Waals surface area contributed by atoms with Gasteiger partial charge in [-0.1, -0.05) is 6.92 Å². The van der Waals surface area contributed by atoms with Crippen LogP contribution in [-0.4, -0.2) is 17.4 Å². The second-order valence-electron chi connectivity index (χ2n) is 3.52. The highest BCUT2D eigenvalue weighted by atomic mass is 16.1. The largest absolute Gasteiger partial charge is 0.364 e. The van der Waals surface area contributed by atoms with E-state index in [2.05, 4.69) is 10.3 Å². The van der Waals surface area contributed by atoms with E-state index in [-0.39, 0.29) is 11.8 Å². The Morgan fingerprint density at radius 1 is 1.71 bits per heavy atom. The van der Waals surface area contributed by atoms with E-state index in [4.69, 9.17) is 5.73 Å². The molecule has 78 valence electrons. The summed E-state index contributed by atoms with van der Waals surface area (Å²) in [6.07, 6.45) is 2.33. The molecule has 0 aliphatic heterocycles. The first-order valence-corrected chi connectivity index (χ1v) is 4.81. The first-order valence-electron chi connectivity index (χ1n) is 4.81. The van der Waals surface area contributed by atoms with Crippen LogP contribution in [0.4, 0.5) is 0 Å². The Bertz CT molecular complexity index is 269. The van der Waals surface area contributed by atoms with Crippen LogP contribution in [0.5, 0.6) is 0 Å². The van der Waals surface area contributed by atoms with Crippen LogP contribution >= 0.6 is 0 Å². The van der Waals surface area contributed by atoms with Crippen LogP contribution in [0.2, 0.25) is 0 Å². The summed E-state index contributed by atoms with van der Waals surface area (Å²) in [5.74, 6) is 0.302. The molecular weight excluding hydrogens is 178 g/mol. The molecule has 4 heteroatoms. The van der Waals surface area contributed by atoms with E-state index < -0.39 is 0 Å². The van der Waals surface area contributed by atoms with Crippen molar-refractivity contribution in [2.24, 2.45) is 11.7 Å². The normalized spacial score (nSPS) is 12.4. The molecule has 1 amide bonds. The van der Waals surface area contributed by atoms with Crippen LogP contribution in [0, 0.1) is 5.92 Å². The third kappa shape index (κ3) is 3.62. The molecule has 1 aromatic heterocycles. The summed E-state index contributed by atoms with van der Waals surface area (Å²) in [5.41, 5.74) is 6.44. The number of carbonyl (C=O) groups is 1. The minimum absolute atomic E-state index is 0.0533. The summed E-state index contributed by atoms with van der Waals surface area (Å²) >= 11 is 0. The van der Waals surface area contributed by atoms with Gasteiger partial charge in [0, 0.05) is 18.3 Å². The number of hydrogen-bond acceptors (Lipinski definition) is 2. The Morgan fingerprint density at radius 3 is 3.07 bits per heavy atom. The van der Waals surface area contributed by atoms with Crippen molar-refractivity contribution in [1.82, 2.24) is 10.3 Å². The molecule has 0 spiro atoms. The number of nitrogens with two attached hydrogens (primary N) is 1. The molecule has 1 heterocycles. The Balaban J connectivity index is 2.22. The van der Waals surface area contributed by atoms with Gasteiger partial charge < -0.3 is 16.0 Å². The first-order chi connectivity index (χ1) is 6.72. The second kappa shape index (κ2) is 5.44. The van der Waals surface area contributed by atoms with E-state index in [9.17, 15) is 4.79 Å². The van der Waals surface area contributed by atoms with E-state index in [1.807, 2.05) is 25.3 Å². The summed E-state index contributed by atoms with van der Waals surface area (Å²) in [6, 6.07) is 3.84. The summed E-state index contributed by atoms with van der Waals surface area (Å²) in [5, 5.41) is 2.82. The number of H-pyrrole nitrogens is 1. The minimum atomic E-state index is 0.0533. The molecule has 4 nitrogen and oxygen atoms in total. The highest BCUT2D eigenvalue weighted by Crippen LogP contribution is 1.99. The number of carbonyl (C=O) groups excluding carboxylic acids is 1. The maximum atomic E-state index is 11.3. The average Bonchev–Trinajstić information content (AvgIpc) is 2.67. The number of hydrogen-bond donors (Lipinski definition) is 3. The molecule has 0 saturated heterocycles. The van der Waals surface area contributed by atoms with Gasteiger partial charge >= 0.3 is 0 Å². The summed E-state index contributed by atoms with van der Waals surface area (Å²) < 4.78 is 0. The molecule has 4 N–H and O–H groups in total. The summed E-state index contributed by atoms with van der Waals surface area (Å²) in [7, 11) is 0. The molecule has 1 aromatic rings. The number of aromatic nitrogens is 1. The lowest BCUT2D eigenvalue weighted by atomic mass is 10.1. The predicted octanol–water partition coefficient (Wildman–Crippen LogP) is 0.616. The van der Waals surface area contributed by atoms with Crippen LogP contribution in [0.1, 0.15) is 19.0 Å². The standard InChI is InChI=1S/C10H17N3O/c1-8(6-11)5-10(14)13-7-9-3-2-4-12-9/h2-4,8,12H,5-7,11H2,1H3,(H,13,14). The number of rotatable bonds is 5. The maximum Gasteiger partial charge on any atom is 0.220 e. The molecule has 14 heavy (non-hydrogen) atoms. The van der Waals surface area contributed by atoms with Gasteiger partial charge in [-0.25, -0.2) is 0 Å². The molecule has 0 radical (unpaired) electrons. The number of amides is 1. The fourth-order valence-electron chi connectivity index (χ4n) is 1.14. The molecule has 0 aromatic carbocycles. The van der Waals surface area contributed by atoms with Gasteiger partial charge in [0.1, 0.15) is 0 Å². The van der Waals surface area contributed by atoms with E-state index in [0.29, 0.717) is 19.5 Å². The fraction of sp³-hybridized carbons (Fsp3) is 0.500. The number of nitrogens with one attached hydrogen (secondary N) is 2. The lowest BCUT2D eigenvalue weighted by Gasteiger charge is -2.08. The molecule has 1 atom stereocenters. The zero-order valence-electron chi connectivity index (χ0n) is 8.42. The van der Waals surface area contributed by atoms with Crippen molar-refractivity contribution in [1.29, 1.82) is 0 Å². The van der Waals surface area contributed by atoms with Gasteiger partial charge in [0.2, 0.25) is 5.91 Å². The van der Waals surface area contributed by atoms with Crippen LogP contribution in [0.15, 0.2) is 18.3 Å². The van der Waals surface area contributed by atoms with Crippen molar-refractivity contribution in [3.8, 4) is 0 Å². The van der Waals surface area contributed by atoms with E-state index in [1.54, 1.807) is 0 Å². The Kier molecular flexibility index (Phi) is 4.19. The lowest BCUT2D eigenvalue weighted by molar-refractivity contribution is -0.122. The molecule has 0 aliphatic rings. The predicted molar refractivity (Wildman–Crippen MR) is 55.5 cm³/mol. The quantitative estimate of drug-likeness (QED) is 0.644. The zero-order chi connectivity index (χ0) is 10.4. The van der Waals surface area contributed by atoms with Crippen molar-refractivity contribution in [3.05, 3.63) is 24.0 Å². The Labute approximate surface area is 83.9 Å². The van der Waals surface area contributed by atoms with Gasteiger partial charge in [-0.3, -0.25) is 4.79 Å². The molecule has 1 rings (SSSR count). The van der Waals surface area contributed by atoms with Crippen molar-refractivity contribution < 1.29 is 4.79 Å². The third-order valence-corrected chi connectivity index (χ3v) is 2.07. The van der Waals surface area contributed by atoms with Gasteiger partial charge in [-0.2, -0.15) is 0 Å². The fourth-order valence-corrected chi connectivity index (χ4v) is 1.14. The number of aromatic amines is 1. The SMILES string of the molecule is CC(CN)CC(=O)NCc1ccc[nH]1. The van der Waals surface area contributed by atoms with Crippen molar-refractivity contribution in [2.45, 2.75) is 19.9 Å². The third-order valence-electron chi connectivity index (χ3n) is 2.07. The molecule has 0 aliphatic carbocycles. The second-order valence-corrected chi connectivity index (χ2v) is 3.52. The van der Waals surface area contributed by atoms with Crippen LogP contribution < -0.4 is 11.1 Å². The van der Waals surface area contributed by atoms with Crippen LogP contribution in [0.25, 0.3) is 0 Å². The van der Waals surface area contributed by atoms with Crippen molar-refractivity contribution >= 4 is 5.91 Å². The molecule has 0 saturated carbocycles. The molecular formula is C10H17N3O. The highest BCUT2D eigenvalue weighted by Gasteiger charge is 2.06. The van der Waals surface area contributed by atoms with E-state index in [0.717, 1.165) is 5.69 Å². The molecule has 0 fully saturated rings. The van der Waals surface area contributed by atoms with E-state index >= 15 is 0 Å². The van der Waals surface area contributed by atoms with Crippen molar-refractivity contribution in [2.75, 3.05) is 6.54 Å². The summed E-state index contributed by atoms with van der Waals surface area (Å²) in [4.78, 5) is 14.3. The first kappa shape index (κ1) is 10.8. The van der Waals surface area contributed by atoms with Gasteiger partial charge in [-0.15, -0.1) is 0 Å². The highest BCUT2D eigenvalue weighted by molar-refractivity contribution is 5.76. The molecule has 1 unspecified atom stereocenters. The monoisotopic (exact) mass is 195 g/mol. The minimum Gasteiger partial charge on any atom is -0.364 e. The lowest BCUT2D eigenvalue weighted by Crippen LogP contribution is -2.26. The average molecular weight is 195 g/mol. The van der Waals surface area contributed by atoms with Gasteiger partial charge in [-0.05, 0) is 24.6 Å². The Morgan fingerprint density at radius 2 is 2.50 bits per heavy atom. The van der Waals surface area contributed by atoms with Crippen LogP contribution in [-0.2, 0) is 11.3 Å². The topological polar surface area (TPSA) is 70.9 Å². The maximum absolute atomic E-state index is 11.3. The van der Waals surface area contributed by atoms with Crippen molar-refractivity contribution in [3.63, 3.8) is 0 Å². The summed E-state index contributed by atoms with van der Waals surface area (Å²) in [6.45, 7) is 3.08. The molecule has 0 bridgehead atoms. The van der Waals surface area contributed by atoms with Crippen LogP contribution in [0.3, 0.4) is 0 Å².